The van der Waals surface area contributed by atoms with E-state index in [2.05, 4.69) is 5.32 Å². The van der Waals surface area contributed by atoms with Gasteiger partial charge in [0.1, 0.15) is 5.82 Å². The average Bonchev–Trinajstić information content (AvgIpc) is 2.77. The van der Waals surface area contributed by atoms with Gasteiger partial charge >= 0.3 is 0 Å². The van der Waals surface area contributed by atoms with Crippen molar-refractivity contribution in [1.29, 1.82) is 0 Å². The van der Waals surface area contributed by atoms with Gasteiger partial charge in [-0.3, -0.25) is 4.79 Å². The topological polar surface area (TPSA) is 29.1 Å². The summed E-state index contributed by atoms with van der Waals surface area (Å²) in [7, 11) is 0. The Bertz CT molecular complexity index is 577. The highest BCUT2D eigenvalue weighted by molar-refractivity contribution is 7.12. The smallest absolute Gasteiger partial charge is 0.261 e. The van der Waals surface area contributed by atoms with Gasteiger partial charge in [0.2, 0.25) is 0 Å². The van der Waals surface area contributed by atoms with E-state index >= 15 is 0 Å². The molecule has 0 atom stereocenters. The minimum Gasteiger partial charge on any atom is -0.347 e. The molecule has 2 aromatic rings. The maximum atomic E-state index is 13.1. The minimum absolute atomic E-state index is 0.0792. The highest BCUT2D eigenvalue weighted by Gasteiger charge is 2.09. The molecule has 0 aliphatic rings. The normalized spacial score (nSPS) is 10.4. The second kappa shape index (κ2) is 5.31. The van der Waals surface area contributed by atoms with E-state index in [0.29, 0.717) is 12.1 Å². The summed E-state index contributed by atoms with van der Waals surface area (Å²) in [6.45, 7) is 4.04. The van der Waals surface area contributed by atoms with Crippen molar-refractivity contribution in [3.05, 3.63) is 57.0 Å². The van der Waals surface area contributed by atoms with E-state index in [9.17, 15) is 9.18 Å². The molecule has 1 aromatic heterocycles. The molecule has 0 spiro atoms. The van der Waals surface area contributed by atoms with Gasteiger partial charge in [0.05, 0.1) is 4.88 Å². The van der Waals surface area contributed by atoms with Crippen molar-refractivity contribution >= 4 is 17.2 Å². The molecular formula is C14H14FNOS. The van der Waals surface area contributed by atoms with Crippen LogP contribution < -0.4 is 5.32 Å². The quantitative estimate of drug-likeness (QED) is 0.903. The molecule has 1 aromatic carbocycles. The van der Waals surface area contributed by atoms with Gasteiger partial charge in [0, 0.05) is 6.54 Å². The summed E-state index contributed by atoms with van der Waals surface area (Å²) in [4.78, 5) is 12.6. The monoisotopic (exact) mass is 263 g/mol. The Labute approximate surface area is 109 Å². The Balaban J connectivity index is 2.02. The fourth-order valence-electron chi connectivity index (χ4n) is 1.68. The van der Waals surface area contributed by atoms with E-state index in [-0.39, 0.29) is 11.7 Å². The summed E-state index contributed by atoms with van der Waals surface area (Å²) in [5.74, 6) is -0.302. The Hall–Kier alpha value is -1.68. The molecule has 2 nitrogen and oxygen atoms in total. The van der Waals surface area contributed by atoms with Crippen molar-refractivity contribution in [3.8, 4) is 0 Å². The van der Waals surface area contributed by atoms with Crippen LogP contribution in [0.5, 0.6) is 0 Å². The zero-order chi connectivity index (χ0) is 13.1. The zero-order valence-electron chi connectivity index (χ0n) is 10.3. The highest BCUT2D eigenvalue weighted by atomic mass is 32.1. The predicted octanol–water partition coefficient (Wildman–Crippen LogP) is 3.43. The van der Waals surface area contributed by atoms with Gasteiger partial charge in [-0.2, -0.15) is 0 Å². The fraction of sp³-hybridized carbons (Fsp3) is 0.214. The van der Waals surface area contributed by atoms with Crippen molar-refractivity contribution in [2.75, 3.05) is 0 Å². The summed E-state index contributed by atoms with van der Waals surface area (Å²) in [5, 5.41) is 4.73. The summed E-state index contributed by atoms with van der Waals surface area (Å²) in [6, 6.07) is 6.77. The second-order valence-electron chi connectivity index (χ2n) is 4.20. The SMILES string of the molecule is Cc1cc(CNC(=O)c2sccc2C)ccc1F. The molecule has 0 aliphatic heterocycles. The van der Waals surface area contributed by atoms with Crippen molar-refractivity contribution in [3.63, 3.8) is 0 Å². The molecule has 1 amide bonds. The molecule has 1 N–H and O–H groups in total. The van der Waals surface area contributed by atoms with Gasteiger partial charge in [-0.05, 0) is 48.1 Å². The van der Waals surface area contributed by atoms with Crippen LogP contribution in [0.1, 0.15) is 26.4 Å². The number of carbonyl (C=O) groups is 1. The summed E-state index contributed by atoms with van der Waals surface area (Å²) < 4.78 is 13.1. The Morgan fingerprint density at radius 1 is 1.28 bits per heavy atom. The van der Waals surface area contributed by atoms with Crippen LogP contribution >= 0.6 is 11.3 Å². The number of hydrogen-bond donors (Lipinski definition) is 1. The number of benzene rings is 1. The first-order chi connectivity index (χ1) is 8.58. The summed E-state index contributed by atoms with van der Waals surface area (Å²) in [5.41, 5.74) is 2.47. The van der Waals surface area contributed by atoms with Crippen LogP contribution in [0.15, 0.2) is 29.6 Å². The maximum Gasteiger partial charge on any atom is 0.261 e. The van der Waals surface area contributed by atoms with Gasteiger partial charge in [0.25, 0.3) is 5.91 Å². The third-order valence-electron chi connectivity index (χ3n) is 2.74. The van der Waals surface area contributed by atoms with E-state index in [0.717, 1.165) is 16.0 Å². The molecule has 1 heterocycles. The average molecular weight is 263 g/mol. The lowest BCUT2D eigenvalue weighted by Gasteiger charge is -2.06. The van der Waals surface area contributed by atoms with E-state index < -0.39 is 0 Å². The molecule has 0 saturated carbocycles. The lowest BCUT2D eigenvalue weighted by atomic mass is 10.1. The van der Waals surface area contributed by atoms with Crippen LogP contribution in [0.3, 0.4) is 0 Å². The molecule has 0 unspecified atom stereocenters. The van der Waals surface area contributed by atoms with Crippen LogP contribution in [0, 0.1) is 19.7 Å². The number of hydrogen-bond acceptors (Lipinski definition) is 2. The lowest BCUT2D eigenvalue weighted by molar-refractivity contribution is 0.0954. The van der Waals surface area contributed by atoms with Crippen LogP contribution in [-0.2, 0) is 6.54 Å². The first kappa shape index (κ1) is 12.8. The van der Waals surface area contributed by atoms with Crippen molar-refractivity contribution in [2.45, 2.75) is 20.4 Å². The van der Waals surface area contributed by atoms with Crippen molar-refractivity contribution in [2.24, 2.45) is 0 Å². The van der Waals surface area contributed by atoms with Crippen LogP contribution in [0.4, 0.5) is 4.39 Å². The number of thiophene rings is 1. The highest BCUT2D eigenvalue weighted by Crippen LogP contribution is 2.15. The third-order valence-corrected chi connectivity index (χ3v) is 3.76. The molecular weight excluding hydrogens is 249 g/mol. The second-order valence-corrected chi connectivity index (χ2v) is 5.12. The number of halogens is 1. The third kappa shape index (κ3) is 2.76. The molecule has 0 radical (unpaired) electrons. The summed E-state index contributed by atoms with van der Waals surface area (Å²) in [6.07, 6.45) is 0. The van der Waals surface area contributed by atoms with Gasteiger partial charge in [0.15, 0.2) is 0 Å². The molecule has 2 rings (SSSR count). The molecule has 18 heavy (non-hydrogen) atoms. The number of amides is 1. The van der Waals surface area contributed by atoms with E-state index in [1.807, 2.05) is 18.4 Å². The van der Waals surface area contributed by atoms with Crippen LogP contribution in [0.2, 0.25) is 0 Å². The fourth-order valence-corrected chi connectivity index (χ4v) is 2.53. The summed E-state index contributed by atoms with van der Waals surface area (Å²) >= 11 is 1.43. The van der Waals surface area contributed by atoms with Crippen LogP contribution in [0.25, 0.3) is 0 Å². The van der Waals surface area contributed by atoms with Gasteiger partial charge < -0.3 is 5.32 Å². The lowest BCUT2D eigenvalue weighted by Crippen LogP contribution is -2.22. The van der Waals surface area contributed by atoms with E-state index in [4.69, 9.17) is 0 Å². The molecule has 0 fully saturated rings. The molecule has 0 bridgehead atoms. The molecule has 4 heteroatoms. The Morgan fingerprint density at radius 3 is 2.67 bits per heavy atom. The van der Waals surface area contributed by atoms with Crippen molar-refractivity contribution < 1.29 is 9.18 Å². The number of nitrogens with one attached hydrogen (secondary N) is 1. The molecule has 94 valence electrons. The standard InChI is InChI=1S/C14H14FNOS/c1-9-5-6-18-13(9)14(17)16-8-11-3-4-12(15)10(2)7-11/h3-7H,8H2,1-2H3,(H,16,17). The van der Waals surface area contributed by atoms with Gasteiger partial charge in [-0.15, -0.1) is 11.3 Å². The van der Waals surface area contributed by atoms with E-state index in [1.165, 1.54) is 17.4 Å². The first-order valence-corrected chi connectivity index (χ1v) is 6.53. The van der Waals surface area contributed by atoms with Gasteiger partial charge in [-0.1, -0.05) is 12.1 Å². The zero-order valence-corrected chi connectivity index (χ0v) is 11.1. The largest absolute Gasteiger partial charge is 0.347 e. The Morgan fingerprint density at radius 2 is 2.06 bits per heavy atom. The van der Waals surface area contributed by atoms with Gasteiger partial charge in [-0.25, -0.2) is 4.39 Å². The molecule has 0 aliphatic carbocycles. The molecule has 0 saturated heterocycles. The first-order valence-electron chi connectivity index (χ1n) is 5.65. The Kier molecular flexibility index (Phi) is 3.77. The van der Waals surface area contributed by atoms with Crippen LogP contribution in [-0.4, -0.2) is 5.91 Å². The maximum absolute atomic E-state index is 13.1. The number of rotatable bonds is 3. The number of carbonyl (C=O) groups excluding carboxylic acids is 1. The predicted molar refractivity (Wildman–Crippen MR) is 71.4 cm³/mol. The van der Waals surface area contributed by atoms with Crippen molar-refractivity contribution in [1.82, 2.24) is 5.32 Å². The minimum atomic E-state index is -0.223. The number of aryl methyl sites for hydroxylation is 2. The van der Waals surface area contributed by atoms with E-state index in [1.54, 1.807) is 19.1 Å².